The molecule has 2 nitrogen and oxygen atoms in total. The van der Waals surface area contributed by atoms with Crippen molar-refractivity contribution < 1.29 is 4.39 Å². The molecular formula is C17H25FN2. The van der Waals surface area contributed by atoms with Gasteiger partial charge >= 0.3 is 0 Å². The molecule has 0 aliphatic heterocycles. The van der Waals surface area contributed by atoms with Crippen molar-refractivity contribution in [3.63, 3.8) is 0 Å². The van der Waals surface area contributed by atoms with Gasteiger partial charge in [0.2, 0.25) is 0 Å². The number of rotatable bonds is 7. The Kier molecular flexibility index (Phi) is 4.08. The molecular weight excluding hydrogens is 251 g/mol. The van der Waals surface area contributed by atoms with Crippen molar-refractivity contribution in [2.24, 2.45) is 17.6 Å². The highest BCUT2D eigenvalue weighted by Crippen LogP contribution is 2.37. The van der Waals surface area contributed by atoms with Gasteiger partial charge in [-0.1, -0.05) is 6.07 Å². The molecule has 2 N–H and O–H groups in total. The molecule has 0 spiro atoms. The van der Waals surface area contributed by atoms with E-state index in [-0.39, 0.29) is 11.9 Å². The molecule has 0 amide bonds. The third kappa shape index (κ3) is 3.39. The average molecular weight is 276 g/mol. The molecule has 1 aromatic rings. The summed E-state index contributed by atoms with van der Waals surface area (Å²) in [6, 6.07) is 5.27. The topological polar surface area (TPSA) is 29.3 Å². The molecule has 0 saturated heterocycles. The zero-order valence-electron chi connectivity index (χ0n) is 12.3. The Balaban J connectivity index is 1.81. The minimum atomic E-state index is -0.151. The number of nitrogens with zero attached hydrogens (tertiary/aromatic N) is 1. The smallest absolute Gasteiger partial charge is 0.123 e. The molecule has 0 radical (unpaired) electrons. The highest BCUT2D eigenvalue weighted by Gasteiger charge is 2.33. The predicted molar refractivity (Wildman–Crippen MR) is 80.0 cm³/mol. The molecule has 0 heterocycles. The summed E-state index contributed by atoms with van der Waals surface area (Å²) in [4.78, 5) is 2.52. The zero-order chi connectivity index (χ0) is 14.1. The fourth-order valence-electron chi connectivity index (χ4n) is 3.04. The normalized spacial score (nSPS) is 20.4. The lowest BCUT2D eigenvalue weighted by atomic mass is 9.99. The lowest BCUT2D eigenvalue weighted by molar-refractivity contribution is 0.184. The van der Waals surface area contributed by atoms with Gasteiger partial charge in [-0.25, -0.2) is 4.39 Å². The van der Waals surface area contributed by atoms with Crippen LogP contribution in [0.15, 0.2) is 18.2 Å². The first-order valence-electron chi connectivity index (χ1n) is 7.87. The molecule has 3 heteroatoms. The maximum absolute atomic E-state index is 13.6. The van der Waals surface area contributed by atoms with E-state index in [4.69, 9.17) is 5.73 Å². The van der Waals surface area contributed by atoms with Crippen molar-refractivity contribution in [1.29, 1.82) is 0 Å². The summed E-state index contributed by atoms with van der Waals surface area (Å²) in [6.45, 7) is 4.90. The molecule has 20 heavy (non-hydrogen) atoms. The Morgan fingerprint density at radius 3 is 2.30 bits per heavy atom. The molecule has 1 aromatic carbocycles. The molecule has 2 aliphatic carbocycles. The van der Waals surface area contributed by atoms with Crippen LogP contribution in [0.4, 0.5) is 4.39 Å². The van der Waals surface area contributed by atoms with Crippen LogP contribution in [-0.4, -0.2) is 24.5 Å². The van der Waals surface area contributed by atoms with Crippen LogP contribution < -0.4 is 5.73 Å². The number of hydrogen-bond donors (Lipinski definition) is 1. The van der Waals surface area contributed by atoms with Crippen LogP contribution in [-0.2, 0) is 0 Å². The molecule has 110 valence electrons. The standard InChI is InChI=1S/C17H25FN2/c1-12-2-7-15(18)8-16(12)17(9-19)20(10-13-3-4-13)11-14-5-6-14/h2,7-8,13-14,17H,3-6,9-11,19H2,1H3. The summed E-state index contributed by atoms with van der Waals surface area (Å²) in [7, 11) is 0. The Hall–Kier alpha value is -0.930. The Morgan fingerprint density at radius 2 is 1.80 bits per heavy atom. The predicted octanol–water partition coefficient (Wildman–Crippen LogP) is 3.26. The summed E-state index contributed by atoms with van der Waals surface area (Å²) >= 11 is 0. The van der Waals surface area contributed by atoms with Gasteiger partial charge in [0.25, 0.3) is 0 Å². The first-order valence-corrected chi connectivity index (χ1v) is 7.87. The number of benzene rings is 1. The van der Waals surface area contributed by atoms with Gasteiger partial charge in [-0.15, -0.1) is 0 Å². The fourth-order valence-corrected chi connectivity index (χ4v) is 3.04. The maximum atomic E-state index is 13.6. The lowest BCUT2D eigenvalue weighted by Crippen LogP contribution is -2.37. The van der Waals surface area contributed by atoms with E-state index in [1.165, 1.54) is 25.7 Å². The van der Waals surface area contributed by atoms with Crippen molar-refractivity contribution >= 4 is 0 Å². The minimum Gasteiger partial charge on any atom is -0.329 e. The SMILES string of the molecule is Cc1ccc(F)cc1C(CN)N(CC1CC1)CC1CC1. The first-order chi connectivity index (χ1) is 9.67. The van der Waals surface area contributed by atoms with Gasteiger partial charge in [0.05, 0.1) is 0 Å². The van der Waals surface area contributed by atoms with E-state index >= 15 is 0 Å². The van der Waals surface area contributed by atoms with Crippen molar-refractivity contribution in [2.45, 2.75) is 38.6 Å². The van der Waals surface area contributed by atoms with Gasteiger partial charge in [0.15, 0.2) is 0 Å². The highest BCUT2D eigenvalue weighted by molar-refractivity contribution is 5.30. The third-order valence-electron chi connectivity index (χ3n) is 4.64. The molecule has 2 aliphatic rings. The molecule has 0 bridgehead atoms. The summed E-state index contributed by atoms with van der Waals surface area (Å²) in [5.74, 6) is 1.54. The Morgan fingerprint density at radius 1 is 1.20 bits per heavy atom. The number of nitrogens with two attached hydrogens (primary N) is 1. The molecule has 2 saturated carbocycles. The van der Waals surface area contributed by atoms with Crippen molar-refractivity contribution in [3.05, 3.63) is 35.1 Å². The van der Waals surface area contributed by atoms with E-state index in [1.54, 1.807) is 12.1 Å². The second-order valence-electron chi connectivity index (χ2n) is 6.59. The van der Waals surface area contributed by atoms with E-state index in [0.717, 1.165) is 36.1 Å². The van der Waals surface area contributed by atoms with Crippen LogP contribution >= 0.6 is 0 Å². The van der Waals surface area contributed by atoms with Gasteiger partial charge in [0, 0.05) is 25.7 Å². The van der Waals surface area contributed by atoms with Crippen molar-refractivity contribution in [2.75, 3.05) is 19.6 Å². The highest BCUT2D eigenvalue weighted by atomic mass is 19.1. The molecule has 1 unspecified atom stereocenters. The number of aryl methyl sites for hydroxylation is 1. The van der Waals surface area contributed by atoms with Crippen LogP contribution in [0, 0.1) is 24.6 Å². The minimum absolute atomic E-state index is 0.151. The molecule has 0 aromatic heterocycles. The monoisotopic (exact) mass is 276 g/mol. The van der Waals surface area contributed by atoms with Crippen LogP contribution in [0.25, 0.3) is 0 Å². The second kappa shape index (κ2) is 5.82. The van der Waals surface area contributed by atoms with Crippen molar-refractivity contribution in [3.8, 4) is 0 Å². The third-order valence-corrected chi connectivity index (χ3v) is 4.64. The van der Waals surface area contributed by atoms with Gasteiger partial charge in [-0.05, 0) is 67.7 Å². The summed E-state index contributed by atoms with van der Waals surface area (Å²) in [5.41, 5.74) is 8.28. The summed E-state index contributed by atoms with van der Waals surface area (Å²) < 4.78 is 13.6. The quantitative estimate of drug-likeness (QED) is 0.828. The lowest BCUT2D eigenvalue weighted by Gasteiger charge is -2.32. The van der Waals surface area contributed by atoms with Gasteiger partial charge in [0.1, 0.15) is 5.82 Å². The first kappa shape index (κ1) is 14.0. The summed E-state index contributed by atoms with van der Waals surface area (Å²) in [5, 5.41) is 0. The number of hydrogen-bond acceptors (Lipinski definition) is 2. The molecule has 3 rings (SSSR count). The van der Waals surface area contributed by atoms with Gasteiger partial charge < -0.3 is 5.73 Å². The number of halogens is 1. The van der Waals surface area contributed by atoms with Gasteiger partial charge in [-0.2, -0.15) is 0 Å². The zero-order valence-corrected chi connectivity index (χ0v) is 12.3. The molecule has 1 atom stereocenters. The maximum Gasteiger partial charge on any atom is 0.123 e. The largest absolute Gasteiger partial charge is 0.329 e. The van der Waals surface area contributed by atoms with Crippen LogP contribution in [0.1, 0.15) is 42.9 Å². The van der Waals surface area contributed by atoms with E-state index in [9.17, 15) is 4.39 Å². The van der Waals surface area contributed by atoms with Crippen LogP contribution in [0.5, 0.6) is 0 Å². The fraction of sp³-hybridized carbons (Fsp3) is 0.647. The van der Waals surface area contributed by atoms with Crippen LogP contribution in [0.2, 0.25) is 0 Å². The van der Waals surface area contributed by atoms with E-state index in [1.807, 2.05) is 6.07 Å². The van der Waals surface area contributed by atoms with Gasteiger partial charge in [-0.3, -0.25) is 4.90 Å². The Bertz CT molecular complexity index is 452. The Labute approximate surface area is 121 Å². The van der Waals surface area contributed by atoms with E-state index < -0.39 is 0 Å². The van der Waals surface area contributed by atoms with Crippen molar-refractivity contribution in [1.82, 2.24) is 4.90 Å². The molecule has 2 fully saturated rings. The average Bonchev–Trinajstić information content (AvgIpc) is 3.30. The van der Waals surface area contributed by atoms with E-state index in [0.29, 0.717) is 6.54 Å². The second-order valence-corrected chi connectivity index (χ2v) is 6.59. The summed E-state index contributed by atoms with van der Waals surface area (Å²) in [6.07, 6.45) is 5.39. The van der Waals surface area contributed by atoms with E-state index in [2.05, 4.69) is 11.8 Å². The van der Waals surface area contributed by atoms with Crippen LogP contribution in [0.3, 0.4) is 0 Å².